The molecule has 0 spiro atoms. The predicted octanol–water partition coefficient (Wildman–Crippen LogP) is 1.48. The second-order valence-electron chi connectivity index (χ2n) is 2.51. The van der Waals surface area contributed by atoms with Crippen molar-refractivity contribution in [2.24, 2.45) is 16.8 Å². The molecule has 0 aliphatic heterocycles. The molecule has 0 saturated heterocycles. The van der Waals surface area contributed by atoms with Crippen molar-refractivity contribution >= 4 is 5.90 Å². The maximum absolute atomic E-state index is 5.06. The zero-order chi connectivity index (χ0) is 7.56. The van der Waals surface area contributed by atoms with E-state index in [0.717, 1.165) is 12.3 Å². The number of rotatable bonds is 2. The average molecular weight is 139 g/mol. The summed E-state index contributed by atoms with van der Waals surface area (Å²) >= 11 is 0. The van der Waals surface area contributed by atoms with Gasteiger partial charge in [0.15, 0.2) is 5.90 Å². The number of methoxy groups -OCH3 is 1. The van der Waals surface area contributed by atoms with Crippen molar-refractivity contribution in [3.05, 3.63) is 12.7 Å². The fourth-order valence-electron chi connectivity index (χ4n) is 1.17. The van der Waals surface area contributed by atoms with Gasteiger partial charge in [0.05, 0.1) is 7.11 Å². The third-order valence-corrected chi connectivity index (χ3v) is 1.89. The number of ether oxygens (including phenoxy) is 1. The van der Waals surface area contributed by atoms with Gasteiger partial charge in [-0.15, -0.1) is 6.58 Å². The molecule has 2 atom stereocenters. The fourth-order valence-corrected chi connectivity index (χ4v) is 1.17. The highest BCUT2D eigenvalue weighted by atomic mass is 16.5. The standard InChI is InChI=1S/C8H13NO/c1-4-6-5-7(6)8(9-2)10-3/h4,6-7H,1,5H2,2-3H3/t6-,7+/m1/s1. The van der Waals surface area contributed by atoms with E-state index in [1.165, 1.54) is 0 Å². The molecular weight excluding hydrogens is 126 g/mol. The number of hydrogen-bond acceptors (Lipinski definition) is 2. The van der Waals surface area contributed by atoms with Crippen molar-refractivity contribution < 1.29 is 4.74 Å². The minimum absolute atomic E-state index is 0.521. The Bertz CT molecular complexity index is 163. The molecule has 10 heavy (non-hydrogen) atoms. The van der Waals surface area contributed by atoms with E-state index in [4.69, 9.17) is 4.74 Å². The van der Waals surface area contributed by atoms with E-state index in [0.29, 0.717) is 11.8 Å². The summed E-state index contributed by atoms with van der Waals surface area (Å²) in [6.45, 7) is 3.71. The van der Waals surface area contributed by atoms with E-state index >= 15 is 0 Å². The molecule has 0 aromatic rings. The highest BCUT2D eigenvalue weighted by Crippen LogP contribution is 2.40. The Kier molecular flexibility index (Phi) is 2.10. The van der Waals surface area contributed by atoms with Crippen LogP contribution < -0.4 is 0 Å². The maximum Gasteiger partial charge on any atom is 0.186 e. The van der Waals surface area contributed by atoms with E-state index in [1.54, 1.807) is 14.2 Å². The number of allylic oxidation sites excluding steroid dienone is 1. The first kappa shape index (κ1) is 7.32. The van der Waals surface area contributed by atoms with Crippen LogP contribution in [0.1, 0.15) is 6.42 Å². The molecule has 1 fully saturated rings. The normalized spacial score (nSPS) is 31.6. The average Bonchev–Trinajstić information content (AvgIpc) is 2.70. The molecule has 0 heterocycles. The molecule has 0 aromatic carbocycles. The van der Waals surface area contributed by atoms with Crippen molar-refractivity contribution in [2.75, 3.05) is 14.2 Å². The first-order chi connectivity index (χ1) is 4.83. The van der Waals surface area contributed by atoms with Crippen LogP contribution in [0.4, 0.5) is 0 Å². The summed E-state index contributed by atoms with van der Waals surface area (Å²) in [7, 11) is 3.43. The van der Waals surface area contributed by atoms with Crippen molar-refractivity contribution in [3.8, 4) is 0 Å². The van der Waals surface area contributed by atoms with Gasteiger partial charge in [-0.05, 0) is 12.3 Å². The highest BCUT2D eigenvalue weighted by Gasteiger charge is 2.39. The Hall–Kier alpha value is -0.790. The van der Waals surface area contributed by atoms with Crippen molar-refractivity contribution in [1.82, 2.24) is 0 Å². The minimum atomic E-state index is 0.521. The maximum atomic E-state index is 5.06. The molecule has 0 radical (unpaired) electrons. The van der Waals surface area contributed by atoms with Gasteiger partial charge >= 0.3 is 0 Å². The van der Waals surface area contributed by atoms with E-state index in [9.17, 15) is 0 Å². The summed E-state index contributed by atoms with van der Waals surface area (Å²) in [6.07, 6.45) is 3.12. The number of hydrogen-bond donors (Lipinski definition) is 0. The van der Waals surface area contributed by atoms with Gasteiger partial charge in [0, 0.05) is 13.0 Å². The lowest BCUT2D eigenvalue weighted by molar-refractivity contribution is 0.384. The SMILES string of the molecule is C=C[C@@H]1C[C@@H]1C(=NC)OC. The summed E-state index contributed by atoms with van der Waals surface area (Å²) in [5, 5.41) is 0. The fraction of sp³-hybridized carbons (Fsp3) is 0.625. The van der Waals surface area contributed by atoms with Gasteiger partial charge in [0.25, 0.3) is 0 Å². The van der Waals surface area contributed by atoms with Gasteiger partial charge < -0.3 is 4.74 Å². The largest absolute Gasteiger partial charge is 0.484 e. The predicted molar refractivity (Wildman–Crippen MR) is 42.2 cm³/mol. The van der Waals surface area contributed by atoms with Crippen molar-refractivity contribution in [3.63, 3.8) is 0 Å². The monoisotopic (exact) mass is 139 g/mol. The lowest BCUT2D eigenvalue weighted by atomic mass is 10.3. The summed E-state index contributed by atoms with van der Waals surface area (Å²) < 4.78 is 5.06. The minimum Gasteiger partial charge on any atom is -0.484 e. The quantitative estimate of drug-likeness (QED) is 0.322. The molecule has 0 bridgehead atoms. The summed E-state index contributed by atoms with van der Waals surface area (Å²) in [5.74, 6) is 2.00. The van der Waals surface area contributed by atoms with E-state index in [-0.39, 0.29) is 0 Å². The third-order valence-electron chi connectivity index (χ3n) is 1.89. The Balaban J connectivity index is 2.44. The molecule has 0 N–H and O–H groups in total. The highest BCUT2D eigenvalue weighted by molar-refractivity contribution is 5.81. The van der Waals surface area contributed by atoms with E-state index in [2.05, 4.69) is 11.6 Å². The first-order valence-corrected chi connectivity index (χ1v) is 3.46. The molecule has 0 aromatic heterocycles. The van der Waals surface area contributed by atoms with Gasteiger partial charge in [0.2, 0.25) is 0 Å². The third kappa shape index (κ3) is 1.20. The van der Waals surface area contributed by atoms with Gasteiger partial charge in [-0.2, -0.15) is 0 Å². The molecule has 1 aliphatic carbocycles. The first-order valence-electron chi connectivity index (χ1n) is 3.46. The molecule has 0 amide bonds. The van der Waals surface area contributed by atoms with Crippen molar-refractivity contribution in [1.29, 1.82) is 0 Å². The van der Waals surface area contributed by atoms with Crippen LogP contribution in [0.2, 0.25) is 0 Å². The molecular formula is C8H13NO. The lowest BCUT2D eigenvalue weighted by Gasteiger charge is -1.99. The zero-order valence-corrected chi connectivity index (χ0v) is 6.50. The van der Waals surface area contributed by atoms with E-state index < -0.39 is 0 Å². The van der Waals surface area contributed by atoms with Gasteiger partial charge in [-0.1, -0.05) is 6.08 Å². The van der Waals surface area contributed by atoms with Crippen LogP contribution >= 0.6 is 0 Å². The van der Waals surface area contributed by atoms with Crippen LogP contribution in [0.15, 0.2) is 17.6 Å². The lowest BCUT2D eigenvalue weighted by Crippen LogP contribution is -2.04. The summed E-state index contributed by atoms with van der Waals surface area (Å²) in [6, 6.07) is 0. The second kappa shape index (κ2) is 2.86. The van der Waals surface area contributed by atoms with Gasteiger partial charge in [-0.25, -0.2) is 0 Å². The molecule has 0 unspecified atom stereocenters. The second-order valence-corrected chi connectivity index (χ2v) is 2.51. The summed E-state index contributed by atoms with van der Waals surface area (Å²) in [5.41, 5.74) is 0. The topological polar surface area (TPSA) is 21.6 Å². The number of aliphatic imine (C=N–C) groups is 1. The Morgan fingerprint density at radius 3 is 2.80 bits per heavy atom. The van der Waals surface area contributed by atoms with Crippen LogP contribution in [-0.4, -0.2) is 20.1 Å². The van der Waals surface area contributed by atoms with Crippen LogP contribution in [0.5, 0.6) is 0 Å². The van der Waals surface area contributed by atoms with Crippen LogP contribution in [0, 0.1) is 11.8 Å². The molecule has 1 rings (SSSR count). The van der Waals surface area contributed by atoms with Crippen LogP contribution in [0.25, 0.3) is 0 Å². The molecule has 2 nitrogen and oxygen atoms in total. The number of nitrogens with zero attached hydrogens (tertiary/aromatic N) is 1. The molecule has 1 saturated carbocycles. The summed E-state index contributed by atoms with van der Waals surface area (Å²) in [4.78, 5) is 4.01. The van der Waals surface area contributed by atoms with Gasteiger partial charge in [0.1, 0.15) is 0 Å². The van der Waals surface area contributed by atoms with Crippen LogP contribution in [-0.2, 0) is 4.74 Å². The van der Waals surface area contributed by atoms with Gasteiger partial charge in [-0.3, -0.25) is 4.99 Å². The van der Waals surface area contributed by atoms with Crippen molar-refractivity contribution in [2.45, 2.75) is 6.42 Å². The molecule has 56 valence electrons. The Labute approximate surface area is 61.6 Å². The Morgan fingerprint density at radius 2 is 2.50 bits per heavy atom. The molecule has 2 heteroatoms. The smallest absolute Gasteiger partial charge is 0.186 e. The Morgan fingerprint density at radius 1 is 1.80 bits per heavy atom. The zero-order valence-electron chi connectivity index (χ0n) is 6.50. The van der Waals surface area contributed by atoms with Crippen LogP contribution in [0.3, 0.4) is 0 Å². The van der Waals surface area contributed by atoms with E-state index in [1.807, 2.05) is 6.08 Å². The molecule has 1 aliphatic rings.